The molecule has 1 saturated heterocycles. The van der Waals surface area contributed by atoms with Gasteiger partial charge in [-0.3, -0.25) is 9.91 Å². The Morgan fingerprint density at radius 1 is 1.00 bits per heavy atom. The number of hydrogen-bond donors (Lipinski definition) is 0. The number of ether oxygens (including phenoxy) is 1. The van der Waals surface area contributed by atoms with E-state index in [1.165, 1.54) is 5.56 Å². The monoisotopic (exact) mass is 343 g/mol. The third-order valence-electron chi connectivity index (χ3n) is 4.15. The first-order chi connectivity index (χ1) is 11.7. The summed E-state index contributed by atoms with van der Waals surface area (Å²) in [7, 11) is 1.67. The van der Waals surface area contributed by atoms with Gasteiger partial charge >= 0.3 is 0 Å². The Kier molecular flexibility index (Phi) is 5.72. The minimum atomic E-state index is 0.788. The highest BCUT2D eigenvalue weighted by Crippen LogP contribution is 2.13. The SMILES string of the molecule is COc1ccc(C=NN2CCN(Cc3ccc(Cl)cc3)CC2)cc1. The van der Waals surface area contributed by atoms with E-state index < -0.39 is 0 Å². The van der Waals surface area contributed by atoms with Crippen molar-refractivity contribution in [2.24, 2.45) is 5.10 Å². The third kappa shape index (κ3) is 4.73. The van der Waals surface area contributed by atoms with Gasteiger partial charge in [-0.25, -0.2) is 0 Å². The van der Waals surface area contributed by atoms with Crippen LogP contribution in [-0.2, 0) is 6.54 Å². The molecule has 0 N–H and O–H groups in total. The predicted octanol–water partition coefficient (Wildman–Crippen LogP) is 3.50. The lowest BCUT2D eigenvalue weighted by molar-refractivity contribution is 0.131. The molecule has 2 aromatic carbocycles. The van der Waals surface area contributed by atoms with Gasteiger partial charge in [0, 0.05) is 37.7 Å². The molecule has 0 aliphatic carbocycles. The fourth-order valence-corrected chi connectivity index (χ4v) is 2.82. The first-order valence-corrected chi connectivity index (χ1v) is 8.50. The van der Waals surface area contributed by atoms with E-state index in [1.54, 1.807) is 7.11 Å². The van der Waals surface area contributed by atoms with Crippen LogP contribution in [-0.4, -0.2) is 49.4 Å². The minimum absolute atomic E-state index is 0.788. The average Bonchev–Trinajstić information content (AvgIpc) is 2.63. The molecule has 1 heterocycles. The second-order valence-electron chi connectivity index (χ2n) is 5.87. The fourth-order valence-electron chi connectivity index (χ4n) is 2.70. The van der Waals surface area contributed by atoms with E-state index in [0.717, 1.165) is 49.1 Å². The van der Waals surface area contributed by atoms with Crippen LogP contribution in [0.25, 0.3) is 0 Å². The normalized spacial score (nSPS) is 15.8. The van der Waals surface area contributed by atoms with Gasteiger partial charge in [0.1, 0.15) is 5.75 Å². The van der Waals surface area contributed by atoms with E-state index in [4.69, 9.17) is 16.3 Å². The van der Waals surface area contributed by atoms with Crippen LogP contribution in [0.1, 0.15) is 11.1 Å². The van der Waals surface area contributed by atoms with Crippen molar-refractivity contribution in [1.82, 2.24) is 9.91 Å². The Bertz CT molecular complexity index is 662. The van der Waals surface area contributed by atoms with Gasteiger partial charge in [-0.15, -0.1) is 0 Å². The first kappa shape index (κ1) is 16.8. The summed E-state index contributed by atoms with van der Waals surface area (Å²) in [4.78, 5) is 2.45. The lowest BCUT2D eigenvalue weighted by atomic mass is 10.2. The Labute approximate surface area is 148 Å². The summed E-state index contributed by atoms with van der Waals surface area (Å²) in [5.41, 5.74) is 2.38. The van der Waals surface area contributed by atoms with Crippen molar-refractivity contribution in [2.75, 3.05) is 33.3 Å². The van der Waals surface area contributed by atoms with Crippen molar-refractivity contribution in [3.63, 3.8) is 0 Å². The summed E-state index contributed by atoms with van der Waals surface area (Å²) in [5.74, 6) is 0.864. The zero-order valence-electron chi connectivity index (χ0n) is 13.9. The molecule has 1 fully saturated rings. The van der Waals surface area contributed by atoms with Gasteiger partial charge in [0.2, 0.25) is 0 Å². The lowest BCUT2D eigenvalue weighted by Crippen LogP contribution is -2.43. The van der Waals surface area contributed by atoms with Crippen LogP contribution in [0, 0.1) is 0 Å². The van der Waals surface area contributed by atoms with Crippen LogP contribution in [0.2, 0.25) is 5.02 Å². The molecule has 0 aromatic heterocycles. The molecule has 24 heavy (non-hydrogen) atoms. The van der Waals surface area contributed by atoms with Gasteiger partial charge in [0.25, 0.3) is 0 Å². The summed E-state index contributed by atoms with van der Waals surface area (Å²) in [5, 5.41) is 7.50. The second-order valence-corrected chi connectivity index (χ2v) is 6.31. The standard InChI is InChI=1S/C19H22ClN3O/c1-24-19-8-4-16(5-9-19)14-21-23-12-10-22(11-13-23)15-17-2-6-18(20)7-3-17/h2-9,14H,10-13,15H2,1H3. The zero-order valence-corrected chi connectivity index (χ0v) is 14.6. The second kappa shape index (κ2) is 8.18. The highest BCUT2D eigenvalue weighted by atomic mass is 35.5. The van der Waals surface area contributed by atoms with Crippen molar-refractivity contribution in [3.8, 4) is 5.75 Å². The highest BCUT2D eigenvalue weighted by molar-refractivity contribution is 6.30. The maximum atomic E-state index is 5.93. The van der Waals surface area contributed by atoms with Crippen molar-refractivity contribution in [2.45, 2.75) is 6.54 Å². The summed E-state index contributed by atoms with van der Waals surface area (Å²) < 4.78 is 5.16. The summed E-state index contributed by atoms with van der Waals surface area (Å²) >= 11 is 5.93. The van der Waals surface area contributed by atoms with E-state index in [2.05, 4.69) is 27.1 Å². The molecule has 2 aromatic rings. The molecule has 0 saturated carbocycles. The topological polar surface area (TPSA) is 28.1 Å². The molecule has 1 aliphatic heterocycles. The Morgan fingerprint density at radius 2 is 1.67 bits per heavy atom. The molecule has 0 atom stereocenters. The number of methoxy groups -OCH3 is 1. The summed E-state index contributed by atoms with van der Waals surface area (Å²) in [6.45, 7) is 4.89. The molecule has 1 aliphatic rings. The Hall–Kier alpha value is -2.04. The third-order valence-corrected chi connectivity index (χ3v) is 4.41. The smallest absolute Gasteiger partial charge is 0.118 e. The number of hydrogen-bond acceptors (Lipinski definition) is 4. The van der Waals surface area contributed by atoms with E-state index in [1.807, 2.05) is 42.6 Å². The molecule has 4 nitrogen and oxygen atoms in total. The van der Waals surface area contributed by atoms with Gasteiger partial charge in [0.15, 0.2) is 0 Å². The molecule has 126 valence electrons. The van der Waals surface area contributed by atoms with E-state index in [-0.39, 0.29) is 0 Å². The van der Waals surface area contributed by atoms with Crippen molar-refractivity contribution in [1.29, 1.82) is 0 Å². The number of rotatable bonds is 5. The first-order valence-electron chi connectivity index (χ1n) is 8.13. The number of halogens is 1. The quantitative estimate of drug-likeness (QED) is 0.778. The van der Waals surface area contributed by atoms with Crippen molar-refractivity contribution < 1.29 is 4.74 Å². The number of benzene rings is 2. The fraction of sp³-hybridized carbons (Fsp3) is 0.316. The summed E-state index contributed by atoms with van der Waals surface area (Å²) in [6.07, 6.45) is 1.91. The maximum absolute atomic E-state index is 5.93. The van der Waals surface area contributed by atoms with Gasteiger partial charge in [-0.2, -0.15) is 5.10 Å². The molecular formula is C19H22ClN3O. The van der Waals surface area contributed by atoms with Crippen LogP contribution in [0.3, 0.4) is 0 Å². The molecule has 0 radical (unpaired) electrons. The molecule has 3 rings (SSSR count). The minimum Gasteiger partial charge on any atom is -0.497 e. The molecule has 0 unspecified atom stereocenters. The molecule has 0 spiro atoms. The molecule has 5 heteroatoms. The van der Waals surface area contributed by atoms with Crippen LogP contribution >= 0.6 is 11.6 Å². The van der Waals surface area contributed by atoms with Crippen molar-refractivity contribution >= 4 is 17.8 Å². The Morgan fingerprint density at radius 3 is 2.29 bits per heavy atom. The van der Waals surface area contributed by atoms with Gasteiger partial charge in [0.05, 0.1) is 13.3 Å². The lowest BCUT2D eigenvalue weighted by Gasteiger charge is -2.33. The number of hydrazone groups is 1. The predicted molar refractivity (Wildman–Crippen MR) is 98.9 cm³/mol. The van der Waals surface area contributed by atoms with Crippen molar-refractivity contribution in [3.05, 3.63) is 64.7 Å². The van der Waals surface area contributed by atoms with Crippen LogP contribution in [0.5, 0.6) is 5.75 Å². The number of nitrogens with zero attached hydrogens (tertiary/aromatic N) is 3. The number of piperazine rings is 1. The van der Waals surface area contributed by atoms with Gasteiger partial charge in [-0.1, -0.05) is 23.7 Å². The maximum Gasteiger partial charge on any atom is 0.118 e. The molecular weight excluding hydrogens is 322 g/mol. The highest BCUT2D eigenvalue weighted by Gasteiger charge is 2.15. The zero-order chi connectivity index (χ0) is 16.8. The van der Waals surface area contributed by atoms with E-state index in [9.17, 15) is 0 Å². The Balaban J connectivity index is 1.47. The molecule has 0 bridgehead atoms. The van der Waals surface area contributed by atoms with Crippen LogP contribution in [0.4, 0.5) is 0 Å². The van der Waals surface area contributed by atoms with E-state index >= 15 is 0 Å². The molecule has 0 amide bonds. The largest absolute Gasteiger partial charge is 0.497 e. The van der Waals surface area contributed by atoms with E-state index in [0.29, 0.717) is 0 Å². The van der Waals surface area contributed by atoms with Gasteiger partial charge in [-0.05, 0) is 47.5 Å². The van der Waals surface area contributed by atoms with Crippen LogP contribution < -0.4 is 4.74 Å². The summed E-state index contributed by atoms with van der Waals surface area (Å²) in [6, 6.07) is 16.0. The van der Waals surface area contributed by atoms with Crippen LogP contribution in [0.15, 0.2) is 53.6 Å². The van der Waals surface area contributed by atoms with Gasteiger partial charge < -0.3 is 4.74 Å². The average molecular weight is 344 g/mol.